The summed E-state index contributed by atoms with van der Waals surface area (Å²) in [6, 6.07) is 7.44. The first-order valence-corrected chi connectivity index (χ1v) is 8.98. The highest BCUT2D eigenvalue weighted by molar-refractivity contribution is 7.99. The molecule has 0 aliphatic heterocycles. The van der Waals surface area contributed by atoms with E-state index in [-0.39, 0.29) is 11.8 Å². The lowest BCUT2D eigenvalue weighted by Gasteiger charge is -2.08. The van der Waals surface area contributed by atoms with Crippen molar-refractivity contribution in [1.29, 1.82) is 0 Å². The SMILES string of the molecule is CC(C)CCSCC(=O)Nc1cccc(C(=O)NC2CC2)c1. The Hall–Kier alpha value is -1.49. The molecule has 4 nitrogen and oxygen atoms in total. The monoisotopic (exact) mass is 320 g/mol. The molecule has 1 fully saturated rings. The van der Waals surface area contributed by atoms with E-state index in [1.54, 1.807) is 30.0 Å². The summed E-state index contributed by atoms with van der Waals surface area (Å²) in [6.07, 6.45) is 3.25. The van der Waals surface area contributed by atoms with Gasteiger partial charge in [-0.15, -0.1) is 0 Å². The van der Waals surface area contributed by atoms with Crippen LogP contribution in [0.15, 0.2) is 24.3 Å². The Labute approximate surface area is 136 Å². The number of thioether (sulfide) groups is 1. The van der Waals surface area contributed by atoms with Gasteiger partial charge < -0.3 is 10.6 Å². The van der Waals surface area contributed by atoms with Crippen LogP contribution in [-0.2, 0) is 4.79 Å². The predicted molar refractivity (Wildman–Crippen MR) is 92.3 cm³/mol. The number of carbonyl (C=O) groups excluding carboxylic acids is 2. The zero-order valence-electron chi connectivity index (χ0n) is 13.2. The Kier molecular flexibility index (Phi) is 6.31. The number of carbonyl (C=O) groups is 2. The van der Waals surface area contributed by atoms with Crippen molar-refractivity contribution >= 4 is 29.3 Å². The summed E-state index contributed by atoms with van der Waals surface area (Å²) in [6.45, 7) is 4.36. The maximum absolute atomic E-state index is 12.0. The number of nitrogens with one attached hydrogen (secondary N) is 2. The van der Waals surface area contributed by atoms with Gasteiger partial charge in [-0.2, -0.15) is 11.8 Å². The molecule has 0 aromatic heterocycles. The zero-order valence-corrected chi connectivity index (χ0v) is 14.0. The maximum atomic E-state index is 12.0. The predicted octanol–water partition coefficient (Wildman–Crippen LogP) is 3.30. The van der Waals surface area contributed by atoms with Crippen molar-refractivity contribution in [1.82, 2.24) is 5.32 Å². The first-order chi connectivity index (χ1) is 10.5. The highest BCUT2D eigenvalue weighted by Crippen LogP contribution is 2.20. The summed E-state index contributed by atoms with van der Waals surface area (Å²) in [7, 11) is 0. The van der Waals surface area contributed by atoms with Gasteiger partial charge in [0.05, 0.1) is 5.75 Å². The Bertz CT molecular complexity index is 527. The van der Waals surface area contributed by atoms with Crippen LogP contribution in [0.2, 0.25) is 0 Å². The fourth-order valence-electron chi connectivity index (χ4n) is 1.92. The molecule has 1 aromatic carbocycles. The van der Waals surface area contributed by atoms with E-state index in [4.69, 9.17) is 0 Å². The molecule has 0 heterocycles. The van der Waals surface area contributed by atoms with Crippen LogP contribution in [0.5, 0.6) is 0 Å². The molecule has 1 aliphatic rings. The zero-order chi connectivity index (χ0) is 15.9. The van der Waals surface area contributed by atoms with E-state index < -0.39 is 0 Å². The first kappa shape index (κ1) is 16.9. The Morgan fingerprint density at radius 1 is 1.32 bits per heavy atom. The summed E-state index contributed by atoms with van der Waals surface area (Å²) in [5.74, 6) is 2.02. The third kappa shape index (κ3) is 6.10. The van der Waals surface area contributed by atoms with Gasteiger partial charge in [-0.1, -0.05) is 19.9 Å². The summed E-state index contributed by atoms with van der Waals surface area (Å²) >= 11 is 1.64. The highest BCUT2D eigenvalue weighted by Gasteiger charge is 2.23. The van der Waals surface area contributed by atoms with Crippen molar-refractivity contribution in [2.45, 2.75) is 39.2 Å². The molecule has 120 valence electrons. The van der Waals surface area contributed by atoms with E-state index in [0.29, 0.717) is 29.0 Å². The molecule has 2 rings (SSSR count). The van der Waals surface area contributed by atoms with Crippen LogP contribution < -0.4 is 10.6 Å². The number of rotatable bonds is 8. The maximum Gasteiger partial charge on any atom is 0.251 e. The second kappa shape index (κ2) is 8.22. The summed E-state index contributed by atoms with van der Waals surface area (Å²) in [4.78, 5) is 23.9. The van der Waals surface area contributed by atoms with E-state index in [2.05, 4.69) is 24.5 Å². The normalized spacial score (nSPS) is 14.0. The van der Waals surface area contributed by atoms with E-state index in [0.717, 1.165) is 25.0 Å². The van der Waals surface area contributed by atoms with Gasteiger partial charge in [-0.3, -0.25) is 9.59 Å². The van der Waals surface area contributed by atoms with Crippen LogP contribution in [0.1, 0.15) is 43.5 Å². The number of anilines is 1. The third-order valence-electron chi connectivity index (χ3n) is 3.39. The minimum atomic E-state index is -0.0649. The van der Waals surface area contributed by atoms with Crippen molar-refractivity contribution in [2.75, 3.05) is 16.8 Å². The van der Waals surface area contributed by atoms with Gasteiger partial charge in [0.2, 0.25) is 5.91 Å². The molecule has 22 heavy (non-hydrogen) atoms. The van der Waals surface area contributed by atoms with Gasteiger partial charge >= 0.3 is 0 Å². The molecule has 1 aliphatic carbocycles. The van der Waals surface area contributed by atoms with E-state index in [1.165, 1.54) is 0 Å². The highest BCUT2D eigenvalue weighted by atomic mass is 32.2. The minimum absolute atomic E-state index is 0.0199. The van der Waals surface area contributed by atoms with Crippen LogP contribution in [-0.4, -0.2) is 29.4 Å². The first-order valence-electron chi connectivity index (χ1n) is 7.83. The second-order valence-electron chi connectivity index (χ2n) is 6.11. The average molecular weight is 320 g/mol. The van der Waals surface area contributed by atoms with E-state index in [9.17, 15) is 9.59 Å². The summed E-state index contributed by atoms with van der Waals surface area (Å²) in [5, 5.41) is 5.80. The molecule has 0 spiro atoms. The minimum Gasteiger partial charge on any atom is -0.349 e. The van der Waals surface area contributed by atoms with Crippen molar-refractivity contribution in [2.24, 2.45) is 5.92 Å². The standard InChI is InChI=1S/C17H24N2O2S/c1-12(2)8-9-22-11-16(20)18-15-5-3-4-13(10-15)17(21)19-14-6-7-14/h3-5,10,12,14H,6-9,11H2,1-2H3,(H,18,20)(H,19,21). The van der Waals surface area contributed by atoms with Crippen molar-refractivity contribution < 1.29 is 9.59 Å². The molecule has 1 saturated carbocycles. The molecule has 1 aromatic rings. The molecule has 0 saturated heterocycles. The lowest BCUT2D eigenvalue weighted by atomic mass is 10.2. The van der Waals surface area contributed by atoms with Gasteiger partial charge in [-0.25, -0.2) is 0 Å². The molecule has 5 heteroatoms. The molecule has 0 unspecified atom stereocenters. The van der Waals surface area contributed by atoms with E-state index in [1.807, 2.05) is 6.07 Å². The second-order valence-corrected chi connectivity index (χ2v) is 7.22. The van der Waals surface area contributed by atoms with E-state index >= 15 is 0 Å². The van der Waals surface area contributed by atoms with Crippen LogP contribution in [0.25, 0.3) is 0 Å². The number of hydrogen-bond donors (Lipinski definition) is 2. The number of amides is 2. The van der Waals surface area contributed by atoms with Crippen molar-refractivity contribution in [3.8, 4) is 0 Å². The van der Waals surface area contributed by atoms with Gasteiger partial charge in [0.25, 0.3) is 5.91 Å². The topological polar surface area (TPSA) is 58.2 Å². The molecular formula is C17H24N2O2S. The lowest BCUT2D eigenvalue weighted by Crippen LogP contribution is -2.25. The summed E-state index contributed by atoms with van der Waals surface area (Å²) in [5.41, 5.74) is 1.27. The Morgan fingerprint density at radius 2 is 2.09 bits per heavy atom. The van der Waals surface area contributed by atoms with Gasteiger partial charge in [0, 0.05) is 17.3 Å². The Balaban J connectivity index is 1.79. The summed E-state index contributed by atoms with van der Waals surface area (Å²) < 4.78 is 0. The van der Waals surface area contributed by atoms with Crippen LogP contribution in [0.4, 0.5) is 5.69 Å². The van der Waals surface area contributed by atoms with Crippen molar-refractivity contribution in [3.63, 3.8) is 0 Å². The lowest BCUT2D eigenvalue weighted by molar-refractivity contribution is -0.113. The molecule has 2 amide bonds. The molecule has 0 radical (unpaired) electrons. The average Bonchev–Trinajstić information content (AvgIpc) is 3.27. The van der Waals surface area contributed by atoms with Crippen LogP contribution >= 0.6 is 11.8 Å². The quantitative estimate of drug-likeness (QED) is 0.723. The molecule has 2 N–H and O–H groups in total. The third-order valence-corrected chi connectivity index (χ3v) is 4.38. The Morgan fingerprint density at radius 3 is 2.77 bits per heavy atom. The number of benzene rings is 1. The number of hydrogen-bond acceptors (Lipinski definition) is 3. The fraction of sp³-hybridized carbons (Fsp3) is 0.529. The van der Waals surface area contributed by atoms with Crippen LogP contribution in [0, 0.1) is 5.92 Å². The molecule has 0 atom stereocenters. The van der Waals surface area contributed by atoms with Gasteiger partial charge in [0.1, 0.15) is 0 Å². The largest absolute Gasteiger partial charge is 0.349 e. The molecular weight excluding hydrogens is 296 g/mol. The smallest absolute Gasteiger partial charge is 0.251 e. The van der Waals surface area contributed by atoms with Gasteiger partial charge in [0.15, 0.2) is 0 Å². The fourth-order valence-corrected chi connectivity index (χ4v) is 2.96. The van der Waals surface area contributed by atoms with Crippen LogP contribution in [0.3, 0.4) is 0 Å². The van der Waals surface area contributed by atoms with Crippen molar-refractivity contribution in [3.05, 3.63) is 29.8 Å². The van der Waals surface area contributed by atoms with Gasteiger partial charge in [-0.05, 0) is 49.1 Å². The molecule has 0 bridgehead atoms.